The quantitative estimate of drug-likeness (QED) is 0.609. The van der Waals surface area contributed by atoms with Gasteiger partial charge in [0.05, 0.1) is 0 Å². The molecule has 1 aromatic carbocycles. The smallest absolute Gasteiger partial charge is 0.123 e. The summed E-state index contributed by atoms with van der Waals surface area (Å²) in [7, 11) is 0. The van der Waals surface area contributed by atoms with Gasteiger partial charge in [-0.1, -0.05) is 6.07 Å². The third-order valence-electron chi connectivity index (χ3n) is 3.06. The molecular formula is C13H18O. The second-order valence-corrected chi connectivity index (χ2v) is 4.91. The molecule has 1 heterocycles. The van der Waals surface area contributed by atoms with Crippen LogP contribution in [0.15, 0.2) is 12.1 Å². The number of hydrogen-bond donors (Lipinski definition) is 0. The molecular weight excluding hydrogens is 172 g/mol. The van der Waals surface area contributed by atoms with Crippen LogP contribution in [0.3, 0.4) is 0 Å². The highest BCUT2D eigenvalue weighted by atomic mass is 16.5. The summed E-state index contributed by atoms with van der Waals surface area (Å²) in [6.07, 6.45) is 2.26. The van der Waals surface area contributed by atoms with Crippen molar-refractivity contribution in [3.05, 3.63) is 28.8 Å². The summed E-state index contributed by atoms with van der Waals surface area (Å²) in [6.45, 7) is 8.62. The SMILES string of the molecule is Cc1cc2c(cc1C)OC(C)(C)CC2. The van der Waals surface area contributed by atoms with E-state index < -0.39 is 0 Å². The first kappa shape index (κ1) is 9.57. The monoisotopic (exact) mass is 190 g/mol. The minimum Gasteiger partial charge on any atom is -0.488 e. The highest BCUT2D eigenvalue weighted by Crippen LogP contribution is 2.34. The molecule has 0 aromatic heterocycles. The van der Waals surface area contributed by atoms with E-state index in [1.807, 2.05) is 0 Å². The molecule has 0 bridgehead atoms. The summed E-state index contributed by atoms with van der Waals surface area (Å²) in [5, 5.41) is 0. The standard InChI is InChI=1S/C13H18O/c1-9-7-11-5-6-13(3,4)14-12(11)8-10(9)2/h7-8H,5-6H2,1-4H3. The summed E-state index contributed by atoms with van der Waals surface area (Å²) in [5.41, 5.74) is 4.07. The third-order valence-corrected chi connectivity index (χ3v) is 3.06. The second kappa shape index (κ2) is 3.01. The van der Waals surface area contributed by atoms with Crippen LogP contribution in [-0.2, 0) is 6.42 Å². The molecule has 0 spiro atoms. The summed E-state index contributed by atoms with van der Waals surface area (Å²) >= 11 is 0. The number of aryl methyl sites for hydroxylation is 3. The Morgan fingerprint density at radius 1 is 1.14 bits per heavy atom. The Hall–Kier alpha value is -0.980. The second-order valence-electron chi connectivity index (χ2n) is 4.91. The Labute approximate surface area is 86.1 Å². The number of hydrogen-bond acceptors (Lipinski definition) is 1. The van der Waals surface area contributed by atoms with Crippen molar-refractivity contribution in [3.8, 4) is 5.75 Å². The van der Waals surface area contributed by atoms with E-state index in [-0.39, 0.29) is 5.60 Å². The van der Waals surface area contributed by atoms with E-state index in [0.717, 1.165) is 18.6 Å². The maximum Gasteiger partial charge on any atom is 0.123 e. The zero-order valence-electron chi connectivity index (χ0n) is 9.48. The fourth-order valence-electron chi connectivity index (χ4n) is 1.92. The van der Waals surface area contributed by atoms with Crippen molar-refractivity contribution in [1.82, 2.24) is 0 Å². The lowest BCUT2D eigenvalue weighted by molar-refractivity contribution is 0.0846. The van der Waals surface area contributed by atoms with Gasteiger partial charge in [-0.15, -0.1) is 0 Å². The molecule has 1 aliphatic heterocycles. The van der Waals surface area contributed by atoms with Crippen LogP contribution in [0.4, 0.5) is 0 Å². The van der Waals surface area contributed by atoms with Crippen LogP contribution in [0, 0.1) is 13.8 Å². The van der Waals surface area contributed by atoms with Crippen LogP contribution in [0.5, 0.6) is 5.75 Å². The van der Waals surface area contributed by atoms with E-state index in [1.54, 1.807) is 0 Å². The molecule has 0 amide bonds. The molecule has 0 saturated carbocycles. The molecule has 14 heavy (non-hydrogen) atoms. The Morgan fingerprint density at radius 2 is 1.79 bits per heavy atom. The van der Waals surface area contributed by atoms with Crippen molar-refractivity contribution < 1.29 is 4.74 Å². The number of benzene rings is 1. The predicted octanol–water partition coefficient (Wildman–Crippen LogP) is 3.41. The van der Waals surface area contributed by atoms with Crippen LogP contribution in [0.1, 0.15) is 37.0 Å². The van der Waals surface area contributed by atoms with Gasteiger partial charge in [0.2, 0.25) is 0 Å². The van der Waals surface area contributed by atoms with Crippen molar-refractivity contribution in [2.75, 3.05) is 0 Å². The van der Waals surface area contributed by atoms with Crippen molar-refractivity contribution in [2.45, 2.75) is 46.1 Å². The van der Waals surface area contributed by atoms with E-state index in [2.05, 4.69) is 39.8 Å². The fraction of sp³-hybridized carbons (Fsp3) is 0.538. The van der Waals surface area contributed by atoms with Crippen LogP contribution in [0.25, 0.3) is 0 Å². The van der Waals surface area contributed by atoms with E-state index in [4.69, 9.17) is 4.74 Å². The maximum absolute atomic E-state index is 5.96. The highest BCUT2D eigenvalue weighted by molar-refractivity contribution is 5.43. The van der Waals surface area contributed by atoms with Gasteiger partial charge in [0.1, 0.15) is 11.4 Å². The fourth-order valence-corrected chi connectivity index (χ4v) is 1.92. The van der Waals surface area contributed by atoms with E-state index >= 15 is 0 Å². The zero-order valence-corrected chi connectivity index (χ0v) is 9.48. The zero-order chi connectivity index (χ0) is 10.3. The number of fused-ring (bicyclic) bond motifs is 1. The van der Waals surface area contributed by atoms with Gasteiger partial charge >= 0.3 is 0 Å². The average molecular weight is 190 g/mol. The molecule has 76 valence electrons. The van der Waals surface area contributed by atoms with Crippen molar-refractivity contribution in [3.63, 3.8) is 0 Å². The lowest BCUT2D eigenvalue weighted by Crippen LogP contribution is -2.32. The van der Waals surface area contributed by atoms with Gasteiger partial charge in [0, 0.05) is 0 Å². The van der Waals surface area contributed by atoms with E-state index in [9.17, 15) is 0 Å². The number of rotatable bonds is 0. The van der Waals surface area contributed by atoms with Crippen molar-refractivity contribution in [1.29, 1.82) is 0 Å². The van der Waals surface area contributed by atoms with Crippen LogP contribution < -0.4 is 4.74 Å². The predicted molar refractivity (Wildman–Crippen MR) is 58.9 cm³/mol. The van der Waals surface area contributed by atoms with Gasteiger partial charge in [0.15, 0.2) is 0 Å². The van der Waals surface area contributed by atoms with Gasteiger partial charge in [-0.3, -0.25) is 0 Å². The number of ether oxygens (including phenoxy) is 1. The lowest BCUT2D eigenvalue weighted by Gasteiger charge is -2.33. The van der Waals surface area contributed by atoms with Crippen molar-refractivity contribution in [2.24, 2.45) is 0 Å². The summed E-state index contributed by atoms with van der Waals surface area (Å²) in [5.74, 6) is 1.09. The first-order chi connectivity index (χ1) is 6.48. The Bertz CT molecular complexity index is 364. The van der Waals surface area contributed by atoms with Gasteiger partial charge in [-0.05, 0) is 63.3 Å². The molecule has 0 saturated heterocycles. The normalized spacial score (nSPS) is 18.6. The highest BCUT2D eigenvalue weighted by Gasteiger charge is 2.26. The van der Waals surface area contributed by atoms with Crippen molar-refractivity contribution >= 4 is 0 Å². The minimum atomic E-state index is 0.00863. The average Bonchev–Trinajstić information content (AvgIpc) is 2.07. The lowest BCUT2D eigenvalue weighted by atomic mass is 9.92. The summed E-state index contributed by atoms with van der Waals surface area (Å²) in [4.78, 5) is 0. The molecule has 0 atom stereocenters. The Balaban J connectivity index is 2.43. The van der Waals surface area contributed by atoms with Crippen LogP contribution in [-0.4, -0.2) is 5.60 Å². The van der Waals surface area contributed by atoms with E-state index in [1.165, 1.54) is 16.7 Å². The topological polar surface area (TPSA) is 9.23 Å². The molecule has 1 heteroatoms. The van der Waals surface area contributed by atoms with Crippen LogP contribution in [0.2, 0.25) is 0 Å². The third kappa shape index (κ3) is 1.63. The summed E-state index contributed by atoms with van der Waals surface area (Å²) in [6, 6.07) is 4.44. The Morgan fingerprint density at radius 3 is 2.50 bits per heavy atom. The molecule has 0 fully saturated rings. The van der Waals surface area contributed by atoms with Crippen LogP contribution >= 0.6 is 0 Å². The molecule has 1 nitrogen and oxygen atoms in total. The van der Waals surface area contributed by atoms with Gasteiger partial charge in [-0.2, -0.15) is 0 Å². The molecule has 0 aliphatic carbocycles. The minimum absolute atomic E-state index is 0.00863. The Kier molecular flexibility index (Phi) is 2.06. The van der Waals surface area contributed by atoms with Gasteiger partial charge in [-0.25, -0.2) is 0 Å². The molecule has 1 aromatic rings. The molecule has 1 aliphatic rings. The van der Waals surface area contributed by atoms with Gasteiger partial charge < -0.3 is 4.74 Å². The molecule has 0 N–H and O–H groups in total. The molecule has 0 radical (unpaired) electrons. The first-order valence-corrected chi connectivity index (χ1v) is 5.27. The van der Waals surface area contributed by atoms with Gasteiger partial charge in [0.25, 0.3) is 0 Å². The van der Waals surface area contributed by atoms with E-state index in [0.29, 0.717) is 0 Å². The molecule has 0 unspecified atom stereocenters. The maximum atomic E-state index is 5.96. The summed E-state index contributed by atoms with van der Waals surface area (Å²) < 4.78 is 5.96. The first-order valence-electron chi connectivity index (χ1n) is 5.27. The molecule has 2 rings (SSSR count). The largest absolute Gasteiger partial charge is 0.488 e.